The topological polar surface area (TPSA) is 73.5 Å². The third-order valence-electron chi connectivity index (χ3n) is 5.79. The number of hydrogen-bond acceptors (Lipinski definition) is 3. The Hall–Kier alpha value is -1.82. The summed E-state index contributed by atoms with van der Waals surface area (Å²) >= 11 is 5.82. The van der Waals surface area contributed by atoms with Crippen molar-refractivity contribution in [2.45, 2.75) is 39.0 Å². The van der Waals surface area contributed by atoms with Crippen LogP contribution >= 0.6 is 11.6 Å². The molecule has 3 heterocycles. The minimum Gasteiger partial charge on any atom is -0.343 e. The Morgan fingerprint density at radius 2 is 1.62 bits per heavy atom. The van der Waals surface area contributed by atoms with E-state index in [1.165, 1.54) is 12.3 Å². The molecule has 7 heteroatoms. The molecule has 0 aliphatic carbocycles. The molecule has 0 aromatic carbocycles. The number of pyridine rings is 1. The molecule has 1 aromatic heterocycles. The van der Waals surface area contributed by atoms with Gasteiger partial charge in [-0.2, -0.15) is 0 Å². The van der Waals surface area contributed by atoms with Gasteiger partial charge in [-0.15, -0.1) is 0 Å². The van der Waals surface area contributed by atoms with Gasteiger partial charge in [-0.05, 0) is 43.6 Å². The van der Waals surface area contributed by atoms with E-state index < -0.39 is 0 Å². The summed E-state index contributed by atoms with van der Waals surface area (Å²) < 4.78 is 0. The predicted octanol–water partition coefficient (Wildman–Crippen LogP) is 2.53. The maximum absolute atomic E-state index is 12.6. The van der Waals surface area contributed by atoms with Crippen molar-refractivity contribution in [2.75, 3.05) is 26.2 Å². The molecule has 0 atom stereocenters. The molecule has 6 nitrogen and oxygen atoms in total. The molecule has 2 aliphatic heterocycles. The first-order chi connectivity index (χ1) is 12.5. The van der Waals surface area contributed by atoms with Crippen LogP contribution in [0.5, 0.6) is 0 Å². The van der Waals surface area contributed by atoms with E-state index in [9.17, 15) is 14.4 Å². The summed E-state index contributed by atoms with van der Waals surface area (Å²) in [6, 6.07) is 1.44. The Bertz CT molecular complexity index is 717. The molecule has 1 aromatic rings. The molecule has 0 unspecified atom stereocenters. The average molecular weight is 380 g/mol. The van der Waals surface area contributed by atoms with Crippen LogP contribution in [0.2, 0.25) is 5.02 Å². The molecule has 26 heavy (non-hydrogen) atoms. The number of H-pyrrole nitrogens is 1. The second-order valence-electron chi connectivity index (χ2n) is 7.27. The molecule has 0 radical (unpaired) electrons. The van der Waals surface area contributed by atoms with Gasteiger partial charge in [0, 0.05) is 38.8 Å². The molecule has 0 saturated carbocycles. The lowest BCUT2D eigenvalue weighted by Crippen LogP contribution is -2.44. The molecule has 2 saturated heterocycles. The average Bonchev–Trinajstić information content (AvgIpc) is 2.69. The number of hydrogen-bond donors (Lipinski definition) is 1. The van der Waals surface area contributed by atoms with Crippen LogP contribution in [-0.2, 0) is 4.79 Å². The van der Waals surface area contributed by atoms with Gasteiger partial charge >= 0.3 is 0 Å². The van der Waals surface area contributed by atoms with E-state index in [0.717, 1.165) is 51.9 Å². The number of piperidine rings is 2. The zero-order chi connectivity index (χ0) is 18.7. The number of carbonyl (C=O) groups is 2. The van der Waals surface area contributed by atoms with Crippen LogP contribution in [0.25, 0.3) is 0 Å². The zero-order valence-corrected chi connectivity index (χ0v) is 15.9. The summed E-state index contributed by atoms with van der Waals surface area (Å²) in [5.74, 6) is 1.45. The van der Waals surface area contributed by atoms with Gasteiger partial charge in [0.05, 0.1) is 5.56 Å². The zero-order valence-electron chi connectivity index (χ0n) is 15.2. The van der Waals surface area contributed by atoms with Gasteiger partial charge in [0.25, 0.3) is 11.5 Å². The third kappa shape index (κ3) is 4.11. The van der Waals surface area contributed by atoms with E-state index in [1.807, 2.05) is 16.7 Å². The molecule has 3 rings (SSSR count). The van der Waals surface area contributed by atoms with E-state index in [1.54, 1.807) is 0 Å². The summed E-state index contributed by atoms with van der Waals surface area (Å²) in [6.45, 7) is 5.11. The van der Waals surface area contributed by atoms with Crippen LogP contribution in [0.15, 0.2) is 17.1 Å². The lowest BCUT2D eigenvalue weighted by Gasteiger charge is -2.40. The molecule has 0 bridgehead atoms. The van der Waals surface area contributed by atoms with Crippen LogP contribution in [0.1, 0.15) is 49.4 Å². The van der Waals surface area contributed by atoms with E-state index in [4.69, 9.17) is 11.6 Å². The standard InChI is InChI=1S/C19H26ClN3O3/c1-2-17(24)22-7-3-13(4-8-22)14-5-9-23(10-6-14)19(26)15-11-16(20)18(25)21-12-15/h11-14H,2-10H2,1H3,(H,21,25). The van der Waals surface area contributed by atoms with Crippen LogP contribution in [0, 0.1) is 11.8 Å². The van der Waals surface area contributed by atoms with Gasteiger partial charge in [-0.25, -0.2) is 0 Å². The number of aromatic nitrogens is 1. The van der Waals surface area contributed by atoms with Crippen molar-refractivity contribution in [2.24, 2.45) is 11.8 Å². The number of likely N-dealkylation sites (tertiary alicyclic amines) is 2. The Balaban J connectivity index is 1.51. The highest BCUT2D eigenvalue weighted by atomic mass is 35.5. The quantitative estimate of drug-likeness (QED) is 0.877. The Morgan fingerprint density at radius 3 is 2.12 bits per heavy atom. The number of nitrogens with one attached hydrogen (secondary N) is 1. The van der Waals surface area contributed by atoms with Gasteiger partial charge in [0.2, 0.25) is 5.91 Å². The first-order valence-corrected chi connectivity index (χ1v) is 9.82. The van der Waals surface area contributed by atoms with Gasteiger partial charge in [0.15, 0.2) is 0 Å². The lowest BCUT2D eigenvalue weighted by molar-refractivity contribution is -0.132. The molecular formula is C19H26ClN3O3. The molecule has 2 amide bonds. The number of amides is 2. The highest BCUT2D eigenvalue weighted by molar-refractivity contribution is 6.30. The van der Waals surface area contributed by atoms with Gasteiger partial charge in [0.1, 0.15) is 5.02 Å². The van der Waals surface area contributed by atoms with Crippen molar-refractivity contribution in [3.63, 3.8) is 0 Å². The van der Waals surface area contributed by atoms with Crippen LogP contribution < -0.4 is 5.56 Å². The summed E-state index contributed by atoms with van der Waals surface area (Å²) in [4.78, 5) is 42.1. The van der Waals surface area contributed by atoms with Crippen molar-refractivity contribution >= 4 is 23.4 Å². The Labute approximate surface area is 158 Å². The highest BCUT2D eigenvalue weighted by Crippen LogP contribution is 2.33. The van der Waals surface area contributed by atoms with Crippen molar-refractivity contribution in [3.05, 3.63) is 33.2 Å². The van der Waals surface area contributed by atoms with E-state index in [0.29, 0.717) is 23.8 Å². The number of carbonyl (C=O) groups excluding carboxylic acids is 2. The fraction of sp³-hybridized carbons (Fsp3) is 0.632. The fourth-order valence-electron chi connectivity index (χ4n) is 4.18. The summed E-state index contributed by atoms with van der Waals surface area (Å²) in [5, 5.41) is 0.0409. The maximum Gasteiger partial charge on any atom is 0.266 e. The van der Waals surface area contributed by atoms with Gasteiger partial charge < -0.3 is 14.8 Å². The van der Waals surface area contributed by atoms with E-state index in [2.05, 4.69) is 4.98 Å². The Morgan fingerprint density at radius 1 is 1.08 bits per heavy atom. The summed E-state index contributed by atoms with van der Waals surface area (Å²) in [6.07, 6.45) is 6.15. The number of aromatic amines is 1. The number of nitrogens with zero attached hydrogens (tertiary/aromatic N) is 2. The second kappa shape index (κ2) is 8.25. The van der Waals surface area contributed by atoms with E-state index in [-0.39, 0.29) is 22.4 Å². The minimum absolute atomic E-state index is 0.0409. The molecule has 2 fully saturated rings. The first-order valence-electron chi connectivity index (χ1n) is 9.45. The summed E-state index contributed by atoms with van der Waals surface area (Å²) in [5.41, 5.74) is 0.0502. The Kier molecular flexibility index (Phi) is 6.01. The second-order valence-corrected chi connectivity index (χ2v) is 7.67. The smallest absolute Gasteiger partial charge is 0.266 e. The molecule has 1 N–H and O–H groups in total. The van der Waals surface area contributed by atoms with Crippen molar-refractivity contribution in [1.29, 1.82) is 0 Å². The fourth-order valence-corrected chi connectivity index (χ4v) is 4.35. The predicted molar refractivity (Wildman–Crippen MR) is 100 cm³/mol. The lowest BCUT2D eigenvalue weighted by atomic mass is 9.78. The molecule has 2 aliphatic rings. The SMILES string of the molecule is CCC(=O)N1CCC(C2CCN(C(=O)c3c[nH]c(=O)c(Cl)c3)CC2)CC1. The molecule has 0 spiro atoms. The maximum atomic E-state index is 12.6. The van der Waals surface area contributed by atoms with Crippen LogP contribution in [0.3, 0.4) is 0 Å². The van der Waals surface area contributed by atoms with Crippen LogP contribution in [-0.4, -0.2) is 52.8 Å². The number of halogens is 1. The van der Waals surface area contributed by atoms with Gasteiger partial charge in [-0.1, -0.05) is 18.5 Å². The largest absolute Gasteiger partial charge is 0.343 e. The monoisotopic (exact) mass is 379 g/mol. The molecular weight excluding hydrogens is 354 g/mol. The minimum atomic E-state index is -0.380. The summed E-state index contributed by atoms with van der Waals surface area (Å²) in [7, 11) is 0. The van der Waals surface area contributed by atoms with Gasteiger partial charge in [-0.3, -0.25) is 14.4 Å². The van der Waals surface area contributed by atoms with Crippen molar-refractivity contribution in [3.8, 4) is 0 Å². The highest BCUT2D eigenvalue weighted by Gasteiger charge is 2.32. The van der Waals surface area contributed by atoms with Crippen molar-refractivity contribution in [1.82, 2.24) is 14.8 Å². The third-order valence-corrected chi connectivity index (χ3v) is 6.07. The van der Waals surface area contributed by atoms with Crippen LogP contribution in [0.4, 0.5) is 0 Å². The molecule has 142 valence electrons. The number of rotatable bonds is 3. The van der Waals surface area contributed by atoms with E-state index >= 15 is 0 Å². The van der Waals surface area contributed by atoms with Crippen molar-refractivity contribution < 1.29 is 9.59 Å². The first kappa shape index (κ1) is 19.0. The normalized spacial score (nSPS) is 19.6.